The van der Waals surface area contributed by atoms with Crippen LogP contribution in [-0.4, -0.2) is 32.2 Å². The fourth-order valence-corrected chi connectivity index (χ4v) is 2.54. The molecule has 3 atom stereocenters. The third kappa shape index (κ3) is 3.75. The molecule has 6 nitrogen and oxygen atoms in total. The molecule has 2 rings (SSSR count). The molecule has 0 saturated carbocycles. The summed E-state index contributed by atoms with van der Waals surface area (Å²) in [5, 5.41) is 2.79. The molecule has 1 saturated heterocycles. The largest absolute Gasteiger partial charge is 0.497 e. The van der Waals surface area contributed by atoms with Crippen molar-refractivity contribution in [1.82, 2.24) is 5.32 Å². The number of amides is 1. The zero-order valence-electron chi connectivity index (χ0n) is 13.9. The minimum Gasteiger partial charge on any atom is -0.497 e. The number of ether oxygens (including phenoxy) is 3. The molecule has 0 spiro atoms. The van der Waals surface area contributed by atoms with Gasteiger partial charge in [-0.15, -0.1) is 0 Å². The van der Waals surface area contributed by atoms with E-state index in [1.165, 1.54) is 0 Å². The molecule has 1 aromatic carbocycles. The van der Waals surface area contributed by atoms with E-state index in [2.05, 4.69) is 5.32 Å². The van der Waals surface area contributed by atoms with E-state index in [9.17, 15) is 9.59 Å². The highest BCUT2D eigenvalue weighted by Crippen LogP contribution is 2.30. The van der Waals surface area contributed by atoms with Crippen LogP contribution in [-0.2, 0) is 20.9 Å². The van der Waals surface area contributed by atoms with Crippen molar-refractivity contribution in [3.05, 3.63) is 23.8 Å². The zero-order valence-corrected chi connectivity index (χ0v) is 13.9. The van der Waals surface area contributed by atoms with Gasteiger partial charge in [0.25, 0.3) is 0 Å². The lowest BCUT2D eigenvalue weighted by atomic mass is 9.85. The van der Waals surface area contributed by atoms with Gasteiger partial charge >= 0.3 is 5.97 Å². The Labute approximate surface area is 136 Å². The summed E-state index contributed by atoms with van der Waals surface area (Å²) < 4.78 is 15.5. The number of methoxy groups -OCH3 is 2. The van der Waals surface area contributed by atoms with Crippen LogP contribution < -0.4 is 14.8 Å². The summed E-state index contributed by atoms with van der Waals surface area (Å²) in [6, 6.07) is 5.38. The summed E-state index contributed by atoms with van der Waals surface area (Å²) in [6.45, 7) is 4.28. The fraction of sp³-hybridized carbons (Fsp3) is 0.529. The lowest BCUT2D eigenvalue weighted by molar-refractivity contribution is -0.192. The van der Waals surface area contributed by atoms with Gasteiger partial charge in [-0.2, -0.15) is 0 Å². The number of carbonyl (C=O) groups is 2. The van der Waals surface area contributed by atoms with Crippen LogP contribution in [0.1, 0.15) is 25.8 Å². The second kappa shape index (κ2) is 7.35. The third-order valence-corrected chi connectivity index (χ3v) is 4.20. The summed E-state index contributed by atoms with van der Waals surface area (Å²) in [7, 11) is 3.14. The first kappa shape index (κ1) is 17.1. The minimum atomic E-state index is -0.711. The maximum Gasteiger partial charge on any atom is 0.322 e. The average Bonchev–Trinajstić information content (AvgIpc) is 2.56. The first-order valence-corrected chi connectivity index (χ1v) is 7.70. The van der Waals surface area contributed by atoms with Gasteiger partial charge in [-0.1, -0.05) is 20.3 Å². The summed E-state index contributed by atoms with van der Waals surface area (Å²) in [4.78, 5) is 23.9. The van der Waals surface area contributed by atoms with E-state index < -0.39 is 11.9 Å². The Hall–Kier alpha value is -2.24. The maximum atomic E-state index is 12.3. The van der Waals surface area contributed by atoms with Gasteiger partial charge in [-0.3, -0.25) is 9.59 Å². The molecule has 126 valence electrons. The summed E-state index contributed by atoms with van der Waals surface area (Å²) >= 11 is 0. The van der Waals surface area contributed by atoms with Crippen molar-refractivity contribution >= 4 is 11.9 Å². The number of nitrogens with one attached hydrogen (secondary N) is 1. The van der Waals surface area contributed by atoms with Crippen LogP contribution in [0.5, 0.6) is 11.5 Å². The Bertz CT molecular complexity index is 564. The van der Waals surface area contributed by atoms with Crippen LogP contribution in [0.15, 0.2) is 18.2 Å². The number of rotatable bonds is 7. The summed E-state index contributed by atoms with van der Waals surface area (Å²) in [6.07, 6.45) is 0.529. The standard InChI is InChI=1S/C17H23NO5/c1-5-10(2)15-14(17(20)23-15)16(19)18-9-11-6-12(21-3)8-13(7-11)22-4/h6-8,10,14-15H,5,9H2,1-4H3,(H,18,19)/t10-,14-,15+/m0/s1. The molecule has 0 bridgehead atoms. The van der Waals surface area contributed by atoms with Gasteiger partial charge in [-0.05, 0) is 23.6 Å². The van der Waals surface area contributed by atoms with Gasteiger partial charge in [0, 0.05) is 12.6 Å². The van der Waals surface area contributed by atoms with E-state index >= 15 is 0 Å². The predicted molar refractivity (Wildman–Crippen MR) is 84.2 cm³/mol. The Balaban J connectivity index is 2.00. The maximum absolute atomic E-state index is 12.3. The van der Waals surface area contributed by atoms with Crippen LogP contribution >= 0.6 is 0 Å². The van der Waals surface area contributed by atoms with Gasteiger partial charge in [0.15, 0.2) is 5.92 Å². The van der Waals surface area contributed by atoms with Crippen LogP contribution in [0.25, 0.3) is 0 Å². The number of benzene rings is 1. The van der Waals surface area contributed by atoms with Crippen LogP contribution in [0, 0.1) is 11.8 Å². The first-order valence-electron chi connectivity index (χ1n) is 7.70. The minimum absolute atomic E-state index is 0.167. The highest BCUT2D eigenvalue weighted by molar-refractivity contribution is 6.01. The molecular weight excluding hydrogens is 298 g/mol. The second-order valence-corrected chi connectivity index (χ2v) is 5.70. The van der Waals surface area contributed by atoms with E-state index in [1.807, 2.05) is 26.0 Å². The molecule has 1 aliphatic heterocycles. The predicted octanol–water partition coefficient (Wildman–Crippen LogP) is 1.91. The highest BCUT2D eigenvalue weighted by Gasteiger charge is 2.49. The fourth-order valence-electron chi connectivity index (χ4n) is 2.54. The Morgan fingerprint density at radius 3 is 2.35 bits per heavy atom. The summed E-state index contributed by atoms with van der Waals surface area (Å²) in [5.74, 6) is 0.00504. The number of hydrogen-bond acceptors (Lipinski definition) is 5. The third-order valence-electron chi connectivity index (χ3n) is 4.20. The molecule has 1 N–H and O–H groups in total. The molecule has 0 radical (unpaired) electrons. The molecule has 1 amide bonds. The highest BCUT2D eigenvalue weighted by atomic mass is 16.6. The number of carbonyl (C=O) groups excluding carboxylic acids is 2. The lowest BCUT2D eigenvalue weighted by Crippen LogP contribution is -2.55. The van der Waals surface area contributed by atoms with Crippen molar-refractivity contribution in [2.75, 3.05) is 14.2 Å². The van der Waals surface area contributed by atoms with E-state index in [4.69, 9.17) is 14.2 Å². The van der Waals surface area contributed by atoms with Gasteiger partial charge in [0.1, 0.15) is 17.6 Å². The molecule has 1 fully saturated rings. The van der Waals surface area contributed by atoms with Crippen LogP contribution in [0.3, 0.4) is 0 Å². The Morgan fingerprint density at radius 1 is 1.26 bits per heavy atom. The molecule has 23 heavy (non-hydrogen) atoms. The Kier molecular flexibility index (Phi) is 5.47. The van der Waals surface area contributed by atoms with Crippen LogP contribution in [0.4, 0.5) is 0 Å². The molecule has 6 heteroatoms. The van der Waals surface area contributed by atoms with Crippen molar-refractivity contribution in [2.24, 2.45) is 11.8 Å². The monoisotopic (exact) mass is 321 g/mol. The van der Waals surface area contributed by atoms with Gasteiger partial charge in [0.05, 0.1) is 14.2 Å². The lowest BCUT2D eigenvalue weighted by Gasteiger charge is -2.37. The quantitative estimate of drug-likeness (QED) is 0.613. The van der Waals surface area contributed by atoms with Gasteiger partial charge in [-0.25, -0.2) is 0 Å². The molecule has 1 heterocycles. The van der Waals surface area contributed by atoms with E-state index in [-0.39, 0.29) is 17.9 Å². The van der Waals surface area contributed by atoms with Crippen molar-refractivity contribution in [2.45, 2.75) is 32.9 Å². The van der Waals surface area contributed by atoms with Crippen molar-refractivity contribution in [3.63, 3.8) is 0 Å². The number of esters is 1. The van der Waals surface area contributed by atoms with E-state index in [0.717, 1.165) is 12.0 Å². The smallest absolute Gasteiger partial charge is 0.322 e. The Morgan fingerprint density at radius 2 is 1.87 bits per heavy atom. The second-order valence-electron chi connectivity index (χ2n) is 5.70. The molecule has 1 aromatic rings. The van der Waals surface area contributed by atoms with Gasteiger partial charge < -0.3 is 19.5 Å². The van der Waals surface area contributed by atoms with Crippen molar-refractivity contribution in [3.8, 4) is 11.5 Å². The zero-order chi connectivity index (χ0) is 17.0. The number of cyclic esters (lactones) is 1. The molecule has 0 unspecified atom stereocenters. The van der Waals surface area contributed by atoms with E-state index in [0.29, 0.717) is 18.0 Å². The molecule has 1 aliphatic rings. The average molecular weight is 321 g/mol. The van der Waals surface area contributed by atoms with Gasteiger partial charge in [0.2, 0.25) is 5.91 Å². The summed E-state index contributed by atoms with van der Waals surface area (Å²) in [5.41, 5.74) is 0.835. The molecular formula is C17H23NO5. The van der Waals surface area contributed by atoms with Crippen LogP contribution in [0.2, 0.25) is 0 Å². The van der Waals surface area contributed by atoms with Crippen molar-refractivity contribution in [1.29, 1.82) is 0 Å². The topological polar surface area (TPSA) is 73.9 Å². The van der Waals surface area contributed by atoms with Crippen molar-refractivity contribution < 1.29 is 23.8 Å². The molecule has 0 aliphatic carbocycles. The van der Waals surface area contributed by atoms with E-state index in [1.54, 1.807) is 20.3 Å². The first-order chi connectivity index (χ1) is 11.0. The SMILES string of the molecule is CC[C@H](C)[C@H]1OC(=O)[C@@H]1C(=O)NCc1cc(OC)cc(OC)c1. The number of hydrogen-bond donors (Lipinski definition) is 1. The molecule has 0 aromatic heterocycles. The normalized spacial score (nSPS) is 21.0.